The third kappa shape index (κ3) is 2.72. The van der Waals surface area contributed by atoms with Gasteiger partial charge in [-0.15, -0.1) is 0 Å². The average Bonchev–Trinajstić information content (AvgIpc) is 3.18. The number of hydrogen-bond donors (Lipinski definition) is 0. The van der Waals surface area contributed by atoms with Crippen molar-refractivity contribution >= 4 is 23.2 Å². The molecule has 1 unspecified atom stereocenters. The van der Waals surface area contributed by atoms with Crippen LogP contribution in [0.5, 0.6) is 0 Å². The molecule has 25 heavy (non-hydrogen) atoms. The van der Waals surface area contributed by atoms with E-state index in [1.54, 1.807) is 4.90 Å². The van der Waals surface area contributed by atoms with Crippen molar-refractivity contribution in [3.63, 3.8) is 0 Å². The number of amides is 2. The second-order valence-electron chi connectivity index (χ2n) is 7.04. The number of carbonyl (C=O) groups excluding carboxylic acids is 2. The lowest BCUT2D eigenvalue weighted by Gasteiger charge is -2.22. The number of aryl methyl sites for hydroxylation is 2. The summed E-state index contributed by atoms with van der Waals surface area (Å²) in [6.07, 6.45) is 1.45. The second-order valence-corrected chi connectivity index (χ2v) is 7.04. The van der Waals surface area contributed by atoms with Crippen molar-refractivity contribution in [1.82, 2.24) is 0 Å². The number of hydrogen-bond acceptors (Lipinski definition) is 2. The minimum absolute atomic E-state index is 0.0519. The van der Waals surface area contributed by atoms with Gasteiger partial charge in [-0.25, -0.2) is 0 Å². The van der Waals surface area contributed by atoms with Crippen molar-refractivity contribution < 1.29 is 9.59 Å². The Morgan fingerprint density at radius 3 is 2.48 bits per heavy atom. The fourth-order valence-corrected chi connectivity index (χ4v) is 3.80. The Hall–Kier alpha value is -2.62. The van der Waals surface area contributed by atoms with Gasteiger partial charge in [-0.05, 0) is 56.0 Å². The van der Waals surface area contributed by atoms with Gasteiger partial charge in [-0.1, -0.05) is 29.8 Å². The molecule has 0 spiro atoms. The summed E-state index contributed by atoms with van der Waals surface area (Å²) < 4.78 is 0. The maximum absolute atomic E-state index is 13.0. The monoisotopic (exact) mass is 334 g/mol. The van der Waals surface area contributed by atoms with E-state index >= 15 is 0 Å². The van der Waals surface area contributed by atoms with E-state index in [2.05, 4.69) is 18.2 Å². The van der Waals surface area contributed by atoms with Crippen LogP contribution < -0.4 is 9.80 Å². The summed E-state index contributed by atoms with van der Waals surface area (Å²) in [5.74, 6) is -0.688. The highest BCUT2D eigenvalue weighted by atomic mass is 16.2. The number of nitrogens with zero attached hydrogens (tertiary/aromatic N) is 2. The fraction of sp³-hybridized carbons (Fsp3) is 0.333. The van der Waals surface area contributed by atoms with Gasteiger partial charge in [-0.3, -0.25) is 9.59 Å². The van der Waals surface area contributed by atoms with Gasteiger partial charge in [0.1, 0.15) is 5.92 Å². The Bertz CT molecular complexity index is 841. The summed E-state index contributed by atoms with van der Waals surface area (Å²) in [6, 6.07) is 14.1. The molecule has 0 bridgehead atoms. The highest BCUT2D eigenvalue weighted by Gasteiger charge is 2.41. The van der Waals surface area contributed by atoms with Crippen LogP contribution in [0.25, 0.3) is 0 Å². The van der Waals surface area contributed by atoms with E-state index in [0.29, 0.717) is 19.5 Å². The Labute approximate surface area is 148 Å². The Morgan fingerprint density at radius 2 is 1.72 bits per heavy atom. The van der Waals surface area contributed by atoms with Gasteiger partial charge in [0.15, 0.2) is 0 Å². The molecule has 2 aromatic carbocycles. The van der Waals surface area contributed by atoms with Crippen LogP contribution in [0.1, 0.15) is 23.1 Å². The van der Waals surface area contributed by atoms with Gasteiger partial charge in [0.25, 0.3) is 0 Å². The molecule has 4 rings (SSSR count). The lowest BCUT2D eigenvalue weighted by atomic mass is 10.1. The highest BCUT2D eigenvalue weighted by molar-refractivity contribution is 6.14. The lowest BCUT2D eigenvalue weighted by Crippen LogP contribution is -2.39. The third-order valence-electron chi connectivity index (χ3n) is 5.25. The maximum atomic E-state index is 13.0. The molecule has 1 fully saturated rings. The van der Waals surface area contributed by atoms with E-state index in [9.17, 15) is 9.59 Å². The molecule has 0 aliphatic carbocycles. The minimum Gasteiger partial charge on any atom is -0.312 e. The molecule has 0 saturated carbocycles. The van der Waals surface area contributed by atoms with E-state index in [1.165, 1.54) is 5.56 Å². The molecule has 0 N–H and O–H groups in total. The largest absolute Gasteiger partial charge is 0.312 e. The SMILES string of the molecule is Cc1ccc(N2CCC(C(=O)N3CCc4ccc(C)cc43)C2=O)cc1. The van der Waals surface area contributed by atoms with Crippen molar-refractivity contribution in [3.05, 3.63) is 59.2 Å². The number of fused-ring (bicyclic) bond motifs is 1. The molecule has 2 aromatic rings. The van der Waals surface area contributed by atoms with Crippen LogP contribution in [0.4, 0.5) is 11.4 Å². The minimum atomic E-state index is -0.562. The first-order valence-electron chi connectivity index (χ1n) is 8.83. The third-order valence-corrected chi connectivity index (χ3v) is 5.25. The van der Waals surface area contributed by atoms with E-state index in [0.717, 1.165) is 28.9 Å². The number of anilines is 2. The van der Waals surface area contributed by atoms with E-state index in [1.807, 2.05) is 43.0 Å². The fourth-order valence-electron chi connectivity index (χ4n) is 3.80. The quantitative estimate of drug-likeness (QED) is 0.791. The standard InChI is InChI=1S/C21H22N2O2/c1-14-4-7-17(8-5-14)22-12-10-18(20(22)24)21(25)23-11-9-16-6-3-15(2)13-19(16)23/h3-8,13,18H,9-12H2,1-2H3. The number of rotatable bonds is 2. The maximum Gasteiger partial charge on any atom is 0.239 e. The average molecular weight is 334 g/mol. The summed E-state index contributed by atoms with van der Waals surface area (Å²) in [5.41, 5.74) is 5.35. The van der Waals surface area contributed by atoms with E-state index < -0.39 is 5.92 Å². The van der Waals surface area contributed by atoms with Gasteiger partial charge >= 0.3 is 0 Å². The van der Waals surface area contributed by atoms with Crippen LogP contribution >= 0.6 is 0 Å². The molecule has 4 heteroatoms. The van der Waals surface area contributed by atoms with Crippen LogP contribution in [0.2, 0.25) is 0 Å². The molecular weight excluding hydrogens is 312 g/mol. The molecule has 2 aliphatic heterocycles. The molecule has 128 valence electrons. The normalized spacial score (nSPS) is 19.4. The Morgan fingerprint density at radius 1 is 1.00 bits per heavy atom. The predicted molar refractivity (Wildman–Crippen MR) is 98.9 cm³/mol. The van der Waals surface area contributed by atoms with E-state index in [4.69, 9.17) is 0 Å². The first kappa shape index (κ1) is 15.9. The highest BCUT2D eigenvalue weighted by Crippen LogP contribution is 2.33. The summed E-state index contributed by atoms with van der Waals surface area (Å²) >= 11 is 0. The van der Waals surface area contributed by atoms with Gasteiger partial charge in [0, 0.05) is 24.5 Å². The second kappa shape index (κ2) is 6.03. The van der Waals surface area contributed by atoms with Crippen molar-refractivity contribution in [1.29, 1.82) is 0 Å². The van der Waals surface area contributed by atoms with Crippen LogP contribution in [0, 0.1) is 19.8 Å². The van der Waals surface area contributed by atoms with Gasteiger partial charge in [0.2, 0.25) is 11.8 Å². The van der Waals surface area contributed by atoms with Crippen molar-refractivity contribution in [3.8, 4) is 0 Å². The zero-order valence-corrected chi connectivity index (χ0v) is 14.7. The van der Waals surface area contributed by atoms with Crippen LogP contribution in [0.3, 0.4) is 0 Å². The number of carbonyl (C=O) groups is 2. The van der Waals surface area contributed by atoms with Crippen LogP contribution in [0.15, 0.2) is 42.5 Å². The topological polar surface area (TPSA) is 40.6 Å². The molecule has 0 aromatic heterocycles. The van der Waals surface area contributed by atoms with Gasteiger partial charge < -0.3 is 9.80 Å². The van der Waals surface area contributed by atoms with Crippen molar-refractivity contribution in [2.45, 2.75) is 26.7 Å². The summed E-state index contributed by atoms with van der Waals surface area (Å²) in [4.78, 5) is 29.4. The molecule has 4 nitrogen and oxygen atoms in total. The summed E-state index contributed by atoms with van der Waals surface area (Å²) in [7, 11) is 0. The zero-order valence-electron chi connectivity index (χ0n) is 14.7. The van der Waals surface area contributed by atoms with Crippen LogP contribution in [-0.2, 0) is 16.0 Å². The summed E-state index contributed by atoms with van der Waals surface area (Å²) in [5, 5.41) is 0. The molecule has 2 aliphatic rings. The Kier molecular flexibility index (Phi) is 3.83. The van der Waals surface area contributed by atoms with Gasteiger partial charge in [0.05, 0.1) is 0 Å². The predicted octanol–water partition coefficient (Wildman–Crippen LogP) is 3.25. The zero-order chi connectivity index (χ0) is 17.6. The lowest BCUT2D eigenvalue weighted by molar-refractivity contribution is -0.130. The first-order chi connectivity index (χ1) is 12.0. The smallest absolute Gasteiger partial charge is 0.239 e. The molecule has 1 saturated heterocycles. The van der Waals surface area contributed by atoms with Gasteiger partial charge in [-0.2, -0.15) is 0 Å². The molecule has 1 atom stereocenters. The van der Waals surface area contributed by atoms with Crippen molar-refractivity contribution in [2.24, 2.45) is 5.92 Å². The Balaban J connectivity index is 1.56. The molecule has 0 radical (unpaired) electrons. The van der Waals surface area contributed by atoms with Crippen molar-refractivity contribution in [2.75, 3.05) is 22.9 Å². The van der Waals surface area contributed by atoms with Crippen LogP contribution in [-0.4, -0.2) is 24.9 Å². The van der Waals surface area contributed by atoms with E-state index in [-0.39, 0.29) is 11.8 Å². The summed E-state index contributed by atoms with van der Waals surface area (Å²) in [6.45, 7) is 5.33. The first-order valence-corrected chi connectivity index (χ1v) is 8.83. The molecular formula is C21H22N2O2. The molecule has 2 heterocycles. The molecule has 2 amide bonds. The number of benzene rings is 2.